The van der Waals surface area contributed by atoms with Crippen molar-refractivity contribution in [1.82, 2.24) is 0 Å². The second-order valence-corrected chi connectivity index (χ2v) is 6.15. The summed E-state index contributed by atoms with van der Waals surface area (Å²) in [6.45, 7) is 3.58. The first kappa shape index (κ1) is 17.2. The van der Waals surface area contributed by atoms with Crippen molar-refractivity contribution in [1.29, 1.82) is 0 Å². The summed E-state index contributed by atoms with van der Waals surface area (Å²) < 4.78 is 5.97. The Labute approximate surface area is 144 Å². The highest BCUT2D eigenvalue weighted by molar-refractivity contribution is 9.10. The maximum Gasteiger partial charge on any atom is 0.331 e. The van der Waals surface area contributed by atoms with Gasteiger partial charge in [0.15, 0.2) is 6.61 Å². The zero-order valence-electron chi connectivity index (χ0n) is 13.0. The number of rotatable bonds is 5. The van der Waals surface area contributed by atoms with Crippen molar-refractivity contribution in [3.63, 3.8) is 0 Å². The van der Waals surface area contributed by atoms with Crippen molar-refractivity contribution in [3.05, 3.63) is 75.3 Å². The van der Waals surface area contributed by atoms with E-state index in [0.717, 1.165) is 21.2 Å². The Morgan fingerprint density at radius 1 is 1.09 bits per heavy atom. The number of halogens is 1. The molecule has 0 aliphatic carbocycles. The summed E-state index contributed by atoms with van der Waals surface area (Å²) in [4.78, 5) is 23.8. The van der Waals surface area contributed by atoms with E-state index >= 15 is 0 Å². The molecule has 0 N–H and O–H groups in total. The van der Waals surface area contributed by atoms with Crippen LogP contribution < -0.4 is 0 Å². The molecule has 0 aliphatic rings. The van der Waals surface area contributed by atoms with Crippen molar-refractivity contribution >= 4 is 33.8 Å². The molecule has 2 aromatic rings. The van der Waals surface area contributed by atoms with Gasteiger partial charge < -0.3 is 4.74 Å². The maximum absolute atomic E-state index is 12.1. The van der Waals surface area contributed by atoms with E-state index in [9.17, 15) is 9.59 Å². The number of ether oxygens (including phenoxy) is 1. The van der Waals surface area contributed by atoms with Crippen LogP contribution in [0.3, 0.4) is 0 Å². The van der Waals surface area contributed by atoms with E-state index in [0.29, 0.717) is 5.56 Å². The molecule has 0 fully saturated rings. The molecule has 0 amide bonds. The maximum atomic E-state index is 12.1. The Morgan fingerprint density at radius 2 is 1.78 bits per heavy atom. The lowest BCUT2D eigenvalue weighted by Gasteiger charge is -2.06. The first-order valence-electron chi connectivity index (χ1n) is 7.16. The smallest absolute Gasteiger partial charge is 0.331 e. The quantitative estimate of drug-likeness (QED) is 0.440. The molecule has 4 heteroatoms. The Bertz CT molecular complexity index is 746. The lowest BCUT2D eigenvalue weighted by molar-refractivity contribution is -0.136. The van der Waals surface area contributed by atoms with E-state index in [1.165, 1.54) is 6.08 Å². The van der Waals surface area contributed by atoms with Crippen LogP contribution >= 0.6 is 15.9 Å². The monoisotopic (exact) mass is 372 g/mol. The van der Waals surface area contributed by atoms with E-state index in [1.807, 2.05) is 50.2 Å². The normalized spacial score (nSPS) is 10.7. The molecule has 0 aliphatic heterocycles. The van der Waals surface area contributed by atoms with E-state index in [-0.39, 0.29) is 12.4 Å². The van der Waals surface area contributed by atoms with Gasteiger partial charge in [-0.1, -0.05) is 51.8 Å². The fraction of sp³-hybridized carbons (Fsp3) is 0.158. The van der Waals surface area contributed by atoms with Gasteiger partial charge in [-0.05, 0) is 43.2 Å². The zero-order chi connectivity index (χ0) is 16.8. The van der Waals surface area contributed by atoms with Crippen molar-refractivity contribution in [3.8, 4) is 0 Å². The largest absolute Gasteiger partial charge is 0.454 e. The van der Waals surface area contributed by atoms with Crippen LogP contribution in [0.2, 0.25) is 0 Å². The SMILES string of the molecule is Cc1ccc(C(=O)COC(=O)/C=C/c2ccc(Br)cc2)c(C)c1. The van der Waals surface area contributed by atoms with Gasteiger partial charge in [0.05, 0.1) is 0 Å². The van der Waals surface area contributed by atoms with Crippen LogP contribution in [0.15, 0.2) is 53.0 Å². The summed E-state index contributed by atoms with van der Waals surface area (Å²) in [6.07, 6.45) is 2.97. The molecule has 3 nitrogen and oxygen atoms in total. The van der Waals surface area contributed by atoms with Crippen LogP contribution in [0.25, 0.3) is 6.08 Å². The first-order chi connectivity index (χ1) is 11.0. The molecule has 0 aromatic heterocycles. The summed E-state index contributed by atoms with van der Waals surface area (Å²) in [5, 5.41) is 0. The molecule has 0 bridgehead atoms. The molecule has 0 saturated heterocycles. The summed E-state index contributed by atoms with van der Waals surface area (Å²) in [6, 6.07) is 13.1. The standard InChI is InChI=1S/C19H17BrO3/c1-13-3-9-17(14(2)11-13)18(21)12-23-19(22)10-6-15-4-7-16(20)8-5-15/h3-11H,12H2,1-2H3/b10-6+. The average Bonchev–Trinajstić information content (AvgIpc) is 2.52. The number of ketones is 1. The number of Topliss-reactive ketones (excluding diaryl/α,β-unsaturated/α-hetero) is 1. The molecule has 0 radical (unpaired) electrons. The fourth-order valence-corrected chi connectivity index (χ4v) is 2.39. The van der Waals surface area contributed by atoms with Gasteiger partial charge in [0, 0.05) is 16.1 Å². The second kappa shape index (κ2) is 7.88. The van der Waals surface area contributed by atoms with E-state index in [4.69, 9.17) is 4.74 Å². The Morgan fingerprint density at radius 3 is 2.43 bits per heavy atom. The second-order valence-electron chi connectivity index (χ2n) is 5.23. The third-order valence-electron chi connectivity index (χ3n) is 3.31. The van der Waals surface area contributed by atoms with Crippen LogP contribution in [0.4, 0.5) is 0 Å². The number of benzene rings is 2. The minimum Gasteiger partial charge on any atom is -0.454 e. The summed E-state index contributed by atoms with van der Waals surface area (Å²) in [5.41, 5.74) is 3.44. The van der Waals surface area contributed by atoms with Crippen LogP contribution in [0.5, 0.6) is 0 Å². The van der Waals surface area contributed by atoms with E-state index < -0.39 is 5.97 Å². The van der Waals surface area contributed by atoms with Gasteiger partial charge in [-0.15, -0.1) is 0 Å². The number of carbonyl (C=O) groups excluding carboxylic acids is 2. The molecule has 0 saturated carbocycles. The molecular formula is C19H17BrO3. The van der Waals surface area contributed by atoms with Crippen molar-refractivity contribution in [2.45, 2.75) is 13.8 Å². The van der Waals surface area contributed by atoms with Crippen LogP contribution in [-0.2, 0) is 9.53 Å². The molecule has 118 valence electrons. The highest BCUT2D eigenvalue weighted by Crippen LogP contribution is 2.12. The molecule has 0 heterocycles. The Kier molecular flexibility index (Phi) is 5.88. The van der Waals surface area contributed by atoms with E-state index in [2.05, 4.69) is 15.9 Å². The highest BCUT2D eigenvalue weighted by Gasteiger charge is 2.11. The van der Waals surface area contributed by atoms with Gasteiger partial charge in [-0.3, -0.25) is 4.79 Å². The first-order valence-corrected chi connectivity index (χ1v) is 7.96. The highest BCUT2D eigenvalue weighted by atomic mass is 79.9. The Hall–Kier alpha value is -2.20. The molecule has 0 unspecified atom stereocenters. The van der Waals surface area contributed by atoms with E-state index in [1.54, 1.807) is 12.1 Å². The molecule has 0 spiro atoms. The van der Waals surface area contributed by atoms with Crippen LogP contribution in [-0.4, -0.2) is 18.4 Å². The van der Waals surface area contributed by atoms with Gasteiger partial charge in [-0.25, -0.2) is 4.79 Å². The number of esters is 1. The minimum absolute atomic E-state index is 0.201. The van der Waals surface area contributed by atoms with Gasteiger partial charge in [0.25, 0.3) is 0 Å². The lowest BCUT2D eigenvalue weighted by atomic mass is 10.0. The van der Waals surface area contributed by atoms with Gasteiger partial charge in [-0.2, -0.15) is 0 Å². The van der Waals surface area contributed by atoms with Gasteiger partial charge in [0.2, 0.25) is 5.78 Å². The zero-order valence-corrected chi connectivity index (χ0v) is 14.6. The number of hydrogen-bond acceptors (Lipinski definition) is 3. The number of carbonyl (C=O) groups is 2. The number of hydrogen-bond donors (Lipinski definition) is 0. The predicted octanol–water partition coefficient (Wildman–Crippen LogP) is 4.51. The lowest BCUT2D eigenvalue weighted by Crippen LogP contribution is -2.13. The molecule has 2 rings (SSSR count). The average molecular weight is 373 g/mol. The molecular weight excluding hydrogens is 356 g/mol. The third kappa shape index (κ3) is 5.18. The minimum atomic E-state index is -0.536. The number of aryl methyl sites for hydroxylation is 2. The Balaban J connectivity index is 1.91. The molecule has 2 aromatic carbocycles. The summed E-state index contributed by atoms with van der Waals surface area (Å²) in [7, 11) is 0. The molecule has 23 heavy (non-hydrogen) atoms. The van der Waals surface area contributed by atoms with Gasteiger partial charge in [0.1, 0.15) is 0 Å². The predicted molar refractivity (Wildman–Crippen MR) is 94.4 cm³/mol. The summed E-state index contributed by atoms with van der Waals surface area (Å²) >= 11 is 3.35. The van der Waals surface area contributed by atoms with Crippen molar-refractivity contribution in [2.24, 2.45) is 0 Å². The van der Waals surface area contributed by atoms with Crippen molar-refractivity contribution < 1.29 is 14.3 Å². The van der Waals surface area contributed by atoms with Crippen LogP contribution in [0.1, 0.15) is 27.0 Å². The van der Waals surface area contributed by atoms with Crippen molar-refractivity contribution in [2.75, 3.05) is 6.61 Å². The topological polar surface area (TPSA) is 43.4 Å². The fourth-order valence-electron chi connectivity index (χ4n) is 2.13. The van der Waals surface area contributed by atoms with Gasteiger partial charge >= 0.3 is 5.97 Å². The summed E-state index contributed by atoms with van der Waals surface area (Å²) in [5.74, 6) is -0.737. The van der Waals surface area contributed by atoms with Crippen LogP contribution in [0, 0.1) is 13.8 Å². The molecule has 0 atom stereocenters. The third-order valence-corrected chi connectivity index (χ3v) is 3.84.